The number of rotatable bonds is 7. The molecule has 5 rings (SSSR count). The molecule has 0 atom stereocenters. The van der Waals surface area contributed by atoms with Gasteiger partial charge in [0.05, 0.1) is 33.8 Å². The van der Waals surface area contributed by atoms with E-state index in [1.807, 2.05) is 0 Å². The summed E-state index contributed by atoms with van der Waals surface area (Å²) in [6, 6.07) is 11.8. The standard InChI is InChI=1S/C26H21BrCl2F3N5O2/c1-13(2)33-22(38)19-20(23-34-35-24(39-23)25(9-10-25)12-26(30,31)32)36-37(18-8-7-16(28)11-17(18)29)21(19)14-3-5-15(27)6-4-14/h3-8,11,13H,9-10,12H2,1-2H3,(H,33,38). The molecule has 0 radical (unpaired) electrons. The van der Waals surface area contributed by atoms with Gasteiger partial charge in [0.15, 0.2) is 5.69 Å². The first-order valence-corrected chi connectivity index (χ1v) is 13.5. The SMILES string of the molecule is CC(C)NC(=O)c1c(-c2nnc(C3(CC(F)(F)F)CC3)o2)nn(-c2ccc(Cl)cc2Cl)c1-c1ccc(Br)cc1. The van der Waals surface area contributed by atoms with Crippen molar-refractivity contribution >= 4 is 45.0 Å². The number of carbonyl (C=O) groups is 1. The molecular formula is C26H21BrCl2F3N5O2. The molecule has 2 aromatic carbocycles. The average Bonchev–Trinajstić information content (AvgIpc) is 3.25. The fourth-order valence-corrected chi connectivity index (χ4v) is 5.11. The van der Waals surface area contributed by atoms with Gasteiger partial charge in [-0.2, -0.15) is 18.3 Å². The first kappa shape index (κ1) is 27.7. The number of hydrogen-bond acceptors (Lipinski definition) is 5. The second-order valence-electron chi connectivity index (χ2n) is 9.70. The zero-order valence-corrected chi connectivity index (χ0v) is 23.7. The van der Waals surface area contributed by atoms with Gasteiger partial charge in [0.25, 0.3) is 11.8 Å². The molecule has 2 aromatic heterocycles. The fourth-order valence-electron chi connectivity index (χ4n) is 4.35. The summed E-state index contributed by atoms with van der Waals surface area (Å²) < 4.78 is 47.8. The number of amides is 1. The van der Waals surface area contributed by atoms with Crippen LogP contribution in [0.25, 0.3) is 28.5 Å². The van der Waals surface area contributed by atoms with Gasteiger partial charge >= 0.3 is 6.18 Å². The molecule has 1 N–H and O–H groups in total. The van der Waals surface area contributed by atoms with Crippen molar-refractivity contribution in [1.82, 2.24) is 25.3 Å². The molecular weight excluding hydrogens is 622 g/mol. The van der Waals surface area contributed by atoms with Crippen LogP contribution in [-0.4, -0.2) is 38.1 Å². The number of benzene rings is 2. The van der Waals surface area contributed by atoms with E-state index < -0.39 is 23.9 Å². The van der Waals surface area contributed by atoms with Gasteiger partial charge in [-0.05, 0) is 57.0 Å². The molecule has 1 aliphatic carbocycles. The highest BCUT2D eigenvalue weighted by molar-refractivity contribution is 9.10. The van der Waals surface area contributed by atoms with E-state index in [1.54, 1.807) is 50.2 Å². The van der Waals surface area contributed by atoms with Crippen LogP contribution in [0, 0.1) is 0 Å². The van der Waals surface area contributed by atoms with E-state index in [2.05, 4.69) is 36.5 Å². The van der Waals surface area contributed by atoms with E-state index in [-0.39, 0.29) is 46.9 Å². The molecule has 0 saturated heterocycles. The molecule has 4 aromatic rings. The van der Waals surface area contributed by atoms with Crippen LogP contribution in [0.2, 0.25) is 10.0 Å². The Labute approximate surface area is 239 Å². The maximum Gasteiger partial charge on any atom is 0.390 e. The Hall–Kier alpha value is -2.89. The molecule has 0 aliphatic heterocycles. The lowest BCUT2D eigenvalue weighted by atomic mass is 10.0. The van der Waals surface area contributed by atoms with E-state index in [1.165, 1.54) is 10.7 Å². The van der Waals surface area contributed by atoms with Crippen molar-refractivity contribution in [3.05, 3.63) is 68.4 Å². The summed E-state index contributed by atoms with van der Waals surface area (Å²) in [4.78, 5) is 13.6. The Morgan fingerprint density at radius 2 is 1.85 bits per heavy atom. The normalized spacial score (nSPS) is 14.6. The lowest BCUT2D eigenvalue weighted by Crippen LogP contribution is -2.30. The van der Waals surface area contributed by atoms with Crippen LogP contribution in [0.5, 0.6) is 0 Å². The number of nitrogens with one attached hydrogen (secondary N) is 1. The minimum absolute atomic E-state index is 0.0126. The van der Waals surface area contributed by atoms with Gasteiger partial charge in [-0.15, -0.1) is 10.2 Å². The second kappa shape index (κ2) is 10.3. The summed E-state index contributed by atoms with van der Waals surface area (Å²) >= 11 is 16.1. The quantitative estimate of drug-likeness (QED) is 0.222. The number of nitrogens with zero attached hydrogens (tertiary/aromatic N) is 4. The zero-order chi connectivity index (χ0) is 28.1. The molecule has 0 bridgehead atoms. The van der Waals surface area contributed by atoms with Gasteiger partial charge in [-0.3, -0.25) is 4.79 Å². The highest BCUT2D eigenvalue weighted by Gasteiger charge is 2.55. The summed E-state index contributed by atoms with van der Waals surface area (Å²) in [7, 11) is 0. The van der Waals surface area contributed by atoms with Crippen molar-refractivity contribution in [1.29, 1.82) is 0 Å². The Balaban J connectivity index is 1.74. The molecule has 13 heteroatoms. The van der Waals surface area contributed by atoms with Crippen LogP contribution in [0.1, 0.15) is 49.4 Å². The predicted octanol–water partition coefficient (Wildman–Crippen LogP) is 7.78. The maximum atomic E-state index is 13.6. The molecule has 1 saturated carbocycles. The maximum absolute atomic E-state index is 13.6. The van der Waals surface area contributed by atoms with Crippen molar-refractivity contribution in [2.45, 2.75) is 50.7 Å². The zero-order valence-electron chi connectivity index (χ0n) is 20.6. The minimum atomic E-state index is -4.39. The van der Waals surface area contributed by atoms with Gasteiger partial charge in [0.1, 0.15) is 0 Å². The third-order valence-corrected chi connectivity index (χ3v) is 7.33. The number of carbonyl (C=O) groups excluding carboxylic acids is 1. The lowest BCUT2D eigenvalue weighted by molar-refractivity contribution is -0.142. The van der Waals surface area contributed by atoms with Gasteiger partial charge in [0.2, 0.25) is 5.89 Å². The van der Waals surface area contributed by atoms with Crippen molar-refractivity contribution < 1.29 is 22.4 Å². The van der Waals surface area contributed by atoms with Crippen LogP contribution in [0.4, 0.5) is 13.2 Å². The molecule has 39 heavy (non-hydrogen) atoms. The molecule has 204 valence electrons. The van der Waals surface area contributed by atoms with Crippen molar-refractivity contribution in [3.8, 4) is 28.5 Å². The highest BCUT2D eigenvalue weighted by atomic mass is 79.9. The fraction of sp³-hybridized carbons (Fsp3) is 0.308. The molecule has 0 unspecified atom stereocenters. The monoisotopic (exact) mass is 641 g/mol. The molecule has 2 heterocycles. The molecule has 1 fully saturated rings. The van der Waals surface area contributed by atoms with Crippen molar-refractivity contribution in [2.75, 3.05) is 0 Å². The van der Waals surface area contributed by atoms with Crippen molar-refractivity contribution in [3.63, 3.8) is 0 Å². The van der Waals surface area contributed by atoms with E-state index in [4.69, 9.17) is 27.6 Å². The van der Waals surface area contributed by atoms with E-state index in [9.17, 15) is 18.0 Å². The smallest absolute Gasteiger partial charge is 0.390 e. The Kier molecular flexibility index (Phi) is 7.28. The molecule has 1 aliphatic rings. The number of halogens is 6. The van der Waals surface area contributed by atoms with Crippen molar-refractivity contribution in [2.24, 2.45) is 0 Å². The lowest BCUT2D eigenvalue weighted by Gasteiger charge is -2.13. The molecule has 7 nitrogen and oxygen atoms in total. The summed E-state index contributed by atoms with van der Waals surface area (Å²) in [6.45, 7) is 3.60. The van der Waals surface area contributed by atoms with E-state index >= 15 is 0 Å². The third kappa shape index (κ3) is 5.71. The number of alkyl halides is 3. The van der Waals surface area contributed by atoms with Crippen LogP contribution >= 0.6 is 39.1 Å². The Bertz CT molecular complexity index is 1550. The van der Waals surface area contributed by atoms with Crippen LogP contribution < -0.4 is 5.32 Å². The minimum Gasteiger partial charge on any atom is -0.419 e. The van der Waals surface area contributed by atoms with E-state index in [0.717, 1.165) is 4.47 Å². The molecule has 1 amide bonds. The van der Waals surface area contributed by atoms with Gasteiger partial charge in [-0.25, -0.2) is 4.68 Å². The van der Waals surface area contributed by atoms with Gasteiger partial charge < -0.3 is 9.73 Å². The topological polar surface area (TPSA) is 85.8 Å². The number of hydrogen-bond donors (Lipinski definition) is 1. The van der Waals surface area contributed by atoms with Crippen LogP contribution in [0.15, 0.2) is 51.4 Å². The average molecular weight is 643 g/mol. The van der Waals surface area contributed by atoms with Gasteiger partial charge in [-0.1, -0.05) is 51.3 Å². The largest absolute Gasteiger partial charge is 0.419 e. The first-order chi connectivity index (χ1) is 18.4. The van der Waals surface area contributed by atoms with Crippen LogP contribution in [0.3, 0.4) is 0 Å². The van der Waals surface area contributed by atoms with E-state index in [0.29, 0.717) is 22.0 Å². The summed E-state index contributed by atoms with van der Waals surface area (Å²) in [5.74, 6) is -0.783. The number of aromatic nitrogens is 4. The Morgan fingerprint density at radius 1 is 1.15 bits per heavy atom. The summed E-state index contributed by atoms with van der Waals surface area (Å²) in [6.07, 6.45) is -4.92. The predicted molar refractivity (Wildman–Crippen MR) is 144 cm³/mol. The van der Waals surface area contributed by atoms with Crippen LogP contribution in [-0.2, 0) is 5.41 Å². The first-order valence-electron chi connectivity index (χ1n) is 11.9. The highest BCUT2D eigenvalue weighted by Crippen LogP contribution is 2.54. The second-order valence-corrected chi connectivity index (χ2v) is 11.5. The molecule has 0 spiro atoms. The Morgan fingerprint density at radius 3 is 2.44 bits per heavy atom. The van der Waals surface area contributed by atoms with Gasteiger partial charge in [0, 0.05) is 21.1 Å². The third-order valence-electron chi connectivity index (χ3n) is 6.26. The summed E-state index contributed by atoms with van der Waals surface area (Å²) in [5.41, 5.74) is 0.259. The summed E-state index contributed by atoms with van der Waals surface area (Å²) in [5, 5.41) is 16.2.